The van der Waals surface area contributed by atoms with Crippen molar-refractivity contribution >= 4 is 16.9 Å². The van der Waals surface area contributed by atoms with Crippen molar-refractivity contribution in [3.05, 3.63) is 65.2 Å². The van der Waals surface area contributed by atoms with Crippen LogP contribution in [0, 0.1) is 17.3 Å². The number of carbonyl (C=O) groups is 1. The predicted molar refractivity (Wildman–Crippen MR) is 95.1 cm³/mol. The van der Waals surface area contributed by atoms with E-state index in [9.17, 15) is 14.4 Å². The van der Waals surface area contributed by atoms with Crippen LogP contribution >= 0.6 is 0 Å². The first-order valence-corrected chi connectivity index (χ1v) is 8.59. The first-order valence-electron chi connectivity index (χ1n) is 8.59. The fourth-order valence-corrected chi connectivity index (χ4v) is 3.56. The highest BCUT2D eigenvalue weighted by Crippen LogP contribution is 2.30. The monoisotopic (exact) mass is 348 g/mol. The number of nitriles is 1. The van der Waals surface area contributed by atoms with E-state index in [1.165, 1.54) is 6.07 Å². The molecule has 5 nitrogen and oxygen atoms in total. The normalized spacial score (nSPS) is 15.2. The third kappa shape index (κ3) is 2.93. The number of hydrogen-bond donors (Lipinski definition) is 1. The number of aromatic amines is 1. The first-order chi connectivity index (χ1) is 12.7. The SMILES string of the molecule is N#Cc1ccccc1C(=O)N1CCC(c2cc3nc(F)ccc3[nH]2)CC1. The maximum atomic E-state index is 13.3. The summed E-state index contributed by atoms with van der Waals surface area (Å²) in [7, 11) is 0. The Kier molecular flexibility index (Phi) is 4.13. The van der Waals surface area contributed by atoms with Gasteiger partial charge in [-0.1, -0.05) is 12.1 Å². The van der Waals surface area contributed by atoms with Gasteiger partial charge in [0.1, 0.15) is 0 Å². The van der Waals surface area contributed by atoms with Crippen LogP contribution in [-0.4, -0.2) is 33.9 Å². The van der Waals surface area contributed by atoms with E-state index in [1.54, 1.807) is 35.2 Å². The number of likely N-dealkylation sites (tertiary alicyclic amines) is 1. The zero-order valence-corrected chi connectivity index (χ0v) is 14.1. The molecule has 2 aromatic heterocycles. The van der Waals surface area contributed by atoms with Crippen LogP contribution in [0.25, 0.3) is 11.0 Å². The number of amides is 1. The molecule has 26 heavy (non-hydrogen) atoms. The molecule has 1 aromatic carbocycles. The van der Waals surface area contributed by atoms with E-state index in [2.05, 4.69) is 16.0 Å². The molecule has 1 saturated heterocycles. The van der Waals surface area contributed by atoms with Crippen LogP contribution < -0.4 is 0 Å². The summed E-state index contributed by atoms with van der Waals surface area (Å²) in [6.07, 6.45) is 1.63. The standard InChI is InChI=1S/C20H17FN4O/c21-19-6-5-16-18(24-19)11-17(23-16)13-7-9-25(10-8-13)20(26)15-4-2-1-3-14(15)12-22/h1-6,11,13,23H,7-10H2. The highest BCUT2D eigenvalue weighted by Gasteiger charge is 2.26. The number of rotatable bonds is 2. The molecule has 0 atom stereocenters. The maximum Gasteiger partial charge on any atom is 0.255 e. The zero-order chi connectivity index (χ0) is 18.1. The number of fused-ring (bicyclic) bond motifs is 1. The predicted octanol–water partition coefficient (Wildman–Crippen LogP) is 3.59. The summed E-state index contributed by atoms with van der Waals surface area (Å²) in [6.45, 7) is 1.25. The third-order valence-electron chi connectivity index (χ3n) is 4.96. The number of nitrogens with one attached hydrogen (secondary N) is 1. The Morgan fingerprint density at radius 2 is 2.00 bits per heavy atom. The Labute approximate surface area is 150 Å². The van der Waals surface area contributed by atoms with Crippen LogP contribution in [0.5, 0.6) is 0 Å². The van der Waals surface area contributed by atoms with E-state index in [-0.39, 0.29) is 11.8 Å². The molecule has 3 heterocycles. The molecule has 1 amide bonds. The van der Waals surface area contributed by atoms with Gasteiger partial charge < -0.3 is 9.88 Å². The molecule has 0 saturated carbocycles. The largest absolute Gasteiger partial charge is 0.357 e. The van der Waals surface area contributed by atoms with Crippen molar-refractivity contribution in [1.29, 1.82) is 5.26 Å². The van der Waals surface area contributed by atoms with E-state index in [0.717, 1.165) is 24.1 Å². The summed E-state index contributed by atoms with van der Waals surface area (Å²) < 4.78 is 13.3. The molecular weight excluding hydrogens is 331 g/mol. The lowest BCUT2D eigenvalue weighted by molar-refractivity contribution is 0.0712. The number of nitrogens with zero attached hydrogens (tertiary/aromatic N) is 3. The number of carbonyl (C=O) groups excluding carboxylic acids is 1. The average molecular weight is 348 g/mol. The van der Waals surface area contributed by atoms with Gasteiger partial charge >= 0.3 is 0 Å². The minimum Gasteiger partial charge on any atom is -0.357 e. The van der Waals surface area contributed by atoms with Crippen LogP contribution in [0.3, 0.4) is 0 Å². The van der Waals surface area contributed by atoms with Gasteiger partial charge in [-0.15, -0.1) is 0 Å². The quantitative estimate of drug-likeness (QED) is 0.719. The lowest BCUT2D eigenvalue weighted by Crippen LogP contribution is -2.38. The number of pyridine rings is 1. The Balaban J connectivity index is 1.48. The summed E-state index contributed by atoms with van der Waals surface area (Å²) in [5, 5.41) is 9.19. The smallest absolute Gasteiger partial charge is 0.255 e. The van der Waals surface area contributed by atoms with Crippen LogP contribution in [0.2, 0.25) is 0 Å². The van der Waals surface area contributed by atoms with Crippen molar-refractivity contribution in [1.82, 2.24) is 14.9 Å². The van der Waals surface area contributed by atoms with E-state index < -0.39 is 5.95 Å². The average Bonchev–Trinajstić information content (AvgIpc) is 3.10. The number of benzene rings is 1. The fraction of sp³-hybridized carbons (Fsp3) is 0.250. The summed E-state index contributed by atoms with van der Waals surface area (Å²) in [5.41, 5.74) is 3.34. The minimum atomic E-state index is -0.486. The van der Waals surface area contributed by atoms with Crippen LogP contribution in [0.4, 0.5) is 4.39 Å². The van der Waals surface area contributed by atoms with Gasteiger partial charge in [0, 0.05) is 24.7 Å². The topological polar surface area (TPSA) is 72.8 Å². The van der Waals surface area contributed by atoms with Gasteiger partial charge in [-0.05, 0) is 43.2 Å². The minimum absolute atomic E-state index is 0.0963. The Hall–Kier alpha value is -3.20. The molecule has 6 heteroatoms. The molecule has 1 fully saturated rings. The summed E-state index contributed by atoms with van der Waals surface area (Å²) in [5.74, 6) is -0.303. The van der Waals surface area contributed by atoms with Gasteiger partial charge in [0.15, 0.2) is 0 Å². The van der Waals surface area contributed by atoms with E-state index in [1.807, 2.05) is 6.07 Å². The van der Waals surface area contributed by atoms with Gasteiger partial charge in [-0.2, -0.15) is 9.65 Å². The number of halogens is 1. The van der Waals surface area contributed by atoms with Crippen molar-refractivity contribution in [2.75, 3.05) is 13.1 Å². The van der Waals surface area contributed by atoms with Crippen LogP contribution in [0.15, 0.2) is 42.5 Å². The van der Waals surface area contributed by atoms with Gasteiger partial charge in [0.05, 0.1) is 28.2 Å². The molecule has 0 bridgehead atoms. The molecule has 0 unspecified atom stereocenters. The van der Waals surface area contributed by atoms with E-state index in [0.29, 0.717) is 29.7 Å². The molecule has 1 aliphatic rings. The van der Waals surface area contributed by atoms with Gasteiger partial charge in [0.2, 0.25) is 5.95 Å². The summed E-state index contributed by atoms with van der Waals surface area (Å²) in [4.78, 5) is 21.7. The molecular formula is C20H17FN4O. The number of aromatic nitrogens is 2. The van der Waals surface area contributed by atoms with Crippen LogP contribution in [-0.2, 0) is 0 Å². The van der Waals surface area contributed by atoms with Gasteiger partial charge in [-0.25, -0.2) is 4.98 Å². The second-order valence-electron chi connectivity index (χ2n) is 6.52. The number of hydrogen-bond acceptors (Lipinski definition) is 3. The lowest BCUT2D eigenvalue weighted by Gasteiger charge is -2.31. The molecule has 0 radical (unpaired) electrons. The van der Waals surface area contributed by atoms with Crippen LogP contribution in [0.1, 0.15) is 40.4 Å². The van der Waals surface area contributed by atoms with Gasteiger partial charge in [-0.3, -0.25) is 4.79 Å². The highest BCUT2D eigenvalue weighted by atomic mass is 19.1. The second kappa shape index (κ2) is 6.60. The molecule has 4 rings (SSSR count). The molecule has 130 valence electrons. The van der Waals surface area contributed by atoms with Crippen molar-refractivity contribution in [3.63, 3.8) is 0 Å². The fourth-order valence-electron chi connectivity index (χ4n) is 3.56. The maximum absolute atomic E-state index is 13.3. The third-order valence-corrected chi connectivity index (χ3v) is 4.96. The zero-order valence-electron chi connectivity index (χ0n) is 14.1. The van der Waals surface area contributed by atoms with Crippen molar-refractivity contribution in [2.45, 2.75) is 18.8 Å². The number of H-pyrrole nitrogens is 1. The highest BCUT2D eigenvalue weighted by molar-refractivity contribution is 5.96. The molecule has 0 aliphatic carbocycles. The Morgan fingerprint density at radius 3 is 2.77 bits per heavy atom. The van der Waals surface area contributed by atoms with E-state index >= 15 is 0 Å². The lowest BCUT2D eigenvalue weighted by atomic mass is 9.93. The summed E-state index contributed by atoms with van der Waals surface area (Å²) in [6, 6.07) is 13.9. The van der Waals surface area contributed by atoms with Crippen molar-refractivity contribution in [2.24, 2.45) is 0 Å². The molecule has 0 spiro atoms. The second-order valence-corrected chi connectivity index (χ2v) is 6.52. The summed E-state index contributed by atoms with van der Waals surface area (Å²) >= 11 is 0. The molecule has 3 aromatic rings. The van der Waals surface area contributed by atoms with Crippen molar-refractivity contribution < 1.29 is 9.18 Å². The van der Waals surface area contributed by atoms with Gasteiger partial charge in [0.25, 0.3) is 5.91 Å². The van der Waals surface area contributed by atoms with E-state index in [4.69, 9.17) is 0 Å². The number of piperidine rings is 1. The Bertz CT molecular complexity index is 1010. The van der Waals surface area contributed by atoms with Crippen molar-refractivity contribution in [3.8, 4) is 6.07 Å². The Morgan fingerprint density at radius 1 is 1.23 bits per heavy atom. The molecule has 1 N–H and O–H groups in total. The first kappa shape index (κ1) is 16.3. The molecule has 1 aliphatic heterocycles.